The minimum absolute atomic E-state index is 0.00543. The van der Waals surface area contributed by atoms with Crippen LogP contribution in [0.5, 0.6) is 5.75 Å². The number of rotatable bonds is 7. The fourth-order valence-corrected chi connectivity index (χ4v) is 2.45. The number of guanidine groups is 1. The number of nitrogens with zero attached hydrogens (tertiary/aromatic N) is 2. The summed E-state index contributed by atoms with van der Waals surface area (Å²) >= 11 is 0. The van der Waals surface area contributed by atoms with Crippen molar-refractivity contribution in [1.29, 1.82) is 0 Å². The summed E-state index contributed by atoms with van der Waals surface area (Å²) in [5.41, 5.74) is 13.2. The molecule has 13 heteroatoms. The molecule has 1 amide bonds. The van der Waals surface area contributed by atoms with Gasteiger partial charge in [0.2, 0.25) is 0 Å². The van der Waals surface area contributed by atoms with E-state index in [-0.39, 0.29) is 18.3 Å². The summed E-state index contributed by atoms with van der Waals surface area (Å²) in [6.07, 6.45) is 0.0119. The zero-order valence-electron chi connectivity index (χ0n) is 18.3. The molecule has 180 valence electrons. The normalized spacial score (nSPS) is 10.3. The number of benzene rings is 2. The Morgan fingerprint density at radius 2 is 1.64 bits per heavy atom. The highest BCUT2D eigenvalue weighted by Crippen LogP contribution is 2.22. The van der Waals surface area contributed by atoms with Gasteiger partial charge in [0.25, 0.3) is 5.91 Å². The third kappa shape index (κ3) is 11.0. The van der Waals surface area contributed by atoms with Gasteiger partial charge in [0.15, 0.2) is 5.96 Å². The zero-order valence-corrected chi connectivity index (χ0v) is 19.1. The van der Waals surface area contributed by atoms with E-state index in [1.807, 2.05) is 12.1 Å². The van der Waals surface area contributed by atoms with Crippen LogP contribution in [0.3, 0.4) is 0 Å². The van der Waals surface area contributed by atoms with E-state index >= 15 is 0 Å². The van der Waals surface area contributed by atoms with Crippen molar-refractivity contribution in [3.63, 3.8) is 0 Å². The molecule has 0 unspecified atom stereocenters. The number of esters is 1. The molecule has 0 saturated carbocycles. The lowest BCUT2D eigenvalue weighted by molar-refractivity contribution is -0.139. The quantitative estimate of drug-likeness (QED) is 0.191. The molecule has 33 heavy (non-hydrogen) atoms. The zero-order chi connectivity index (χ0) is 25.2. The van der Waals surface area contributed by atoms with Gasteiger partial charge in [-0.2, -0.15) is 8.42 Å². The van der Waals surface area contributed by atoms with Crippen molar-refractivity contribution in [3.8, 4) is 5.75 Å². The molecule has 0 radical (unpaired) electrons. The van der Waals surface area contributed by atoms with Gasteiger partial charge >= 0.3 is 16.4 Å². The molecule has 0 saturated heterocycles. The number of hydrogen-bond acceptors (Lipinski definition) is 7. The van der Waals surface area contributed by atoms with Crippen molar-refractivity contribution in [2.45, 2.75) is 13.0 Å². The van der Waals surface area contributed by atoms with Crippen molar-refractivity contribution >= 4 is 33.9 Å². The summed E-state index contributed by atoms with van der Waals surface area (Å²) in [7, 11) is -0.0580. The second-order valence-electron chi connectivity index (χ2n) is 6.71. The summed E-state index contributed by atoms with van der Waals surface area (Å²) in [5.74, 6) is -0.116. The van der Waals surface area contributed by atoms with E-state index in [0.29, 0.717) is 29.2 Å². The van der Waals surface area contributed by atoms with Gasteiger partial charge < -0.3 is 25.8 Å². The molecule has 12 nitrogen and oxygen atoms in total. The maximum atomic E-state index is 12.5. The van der Waals surface area contributed by atoms with E-state index in [9.17, 15) is 9.59 Å². The predicted octanol–water partition coefficient (Wildman–Crippen LogP) is 0.935. The van der Waals surface area contributed by atoms with Crippen LogP contribution in [0, 0.1) is 0 Å². The van der Waals surface area contributed by atoms with E-state index in [1.54, 1.807) is 44.4 Å². The van der Waals surface area contributed by atoms with E-state index in [4.69, 9.17) is 38.5 Å². The summed E-state index contributed by atoms with van der Waals surface area (Å²) in [5, 5.41) is 0. The highest BCUT2D eigenvalue weighted by atomic mass is 32.3. The number of methoxy groups -OCH3 is 1. The molecule has 0 atom stereocenters. The Bertz CT molecular complexity index is 1090. The van der Waals surface area contributed by atoms with Gasteiger partial charge in [-0.25, -0.2) is 4.99 Å². The summed E-state index contributed by atoms with van der Waals surface area (Å²) in [4.78, 5) is 29.5. The number of ether oxygens (including phenoxy) is 2. The molecular formula is C20H26N4O8S. The van der Waals surface area contributed by atoms with Crippen LogP contribution < -0.4 is 16.2 Å². The van der Waals surface area contributed by atoms with Gasteiger partial charge in [-0.15, -0.1) is 0 Å². The maximum Gasteiger partial charge on any atom is 0.394 e. The van der Waals surface area contributed by atoms with Crippen LogP contribution in [0.2, 0.25) is 0 Å². The third-order valence-corrected chi connectivity index (χ3v) is 3.88. The Morgan fingerprint density at radius 1 is 1.06 bits per heavy atom. The molecule has 0 aliphatic carbocycles. The molecule has 0 heterocycles. The van der Waals surface area contributed by atoms with Crippen LogP contribution in [-0.2, 0) is 33.0 Å². The fourth-order valence-electron chi connectivity index (χ4n) is 2.45. The van der Waals surface area contributed by atoms with E-state index in [1.165, 1.54) is 12.0 Å². The second-order valence-corrected chi connectivity index (χ2v) is 7.61. The highest BCUT2D eigenvalue weighted by molar-refractivity contribution is 7.79. The van der Waals surface area contributed by atoms with E-state index in [2.05, 4.69) is 4.99 Å². The molecule has 6 N–H and O–H groups in total. The molecule has 0 aliphatic heterocycles. The van der Waals surface area contributed by atoms with Crippen LogP contribution in [0.25, 0.3) is 0 Å². The second kappa shape index (κ2) is 12.4. The smallest absolute Gasteiger partial charge is 0.394 e. The molecule has 2 aromatic carbocycles. The Kier molecular flexibility index (Phi) is 10.3. The summed E-state index contributed by atoms with van der Waals surface area (Å²) in [6, 6.07) is 12.3. The molecule has 0 bridgehead atoms. The van der Waals surface area contributed by atoms with Crippen LogP contribution in [-0.4, -0.2) is 61.5 Å². The van der Waals surface area contributed by atoms with Gasteiger partial charge in [0.05, 0.1) is 19.2 Å². The molecular weight excluding hydrogens is 456 g/mol. The monoisotopic (exact) mass is 482 g/mol. The SMILES string of the molecule is COC(=O)Cc1ccc(OCc2ccc(N=C(N)N)cc2)cc1C(=O)N(C)C.O=S(=O)(O)O. The number of amides is 1. The standard InChI is InChI=1S/C20H24N4O4.H2O4S/c1-24(2)19(26)17-11-16(9-6-14(17)10-18(25)27-3)28-12-13-4-7-15(8-5-13)23-20(21)22;1-5(2,3)4/h4-9,11H,10,12H2,1-3H3,(H4,21,22,23);(H2,1,2,3,4). The Balaban J connectivity index is 0.000000981. The van der Waals surface area contributed by atoms with Crippen molar-refractivity contribution < 1.29 is 36.6 Å². The van der Waals surface area contributed by atoms with Crippen molar-refractivity contribution in [2.24, 2.45) is 16.5 Å². The van der Waals surface area contributed by atoms with Crippen LogP contribution >= 0.6 is 0 Å². The number of aliphatic imine (C=N–C) groups is 1. The number of nitrogens with two attached hydrogens (primary N) is 2. The first-order valence-electron chi connectivity index (χ1n) is 9.22. The van der Waals surface area contributed by atoms with Gasteiger partial charge in [-0.3, -0.25) is 18.7 Å². The predicted molar refractivity (Wildman–Crippen MR) is 121 cm³/mol. The van der Waals surface area contributed by atoms with Crippen molar-refractivity contribution in [2.75, 3.05) is 21.2 Å². The first-order chi connectivity index (χ1) is 15.3. The van der Waals surface area contributed by atoms with Crippen LogP contribution in [0.4, 0.5) is 5.69 Å². The molecule has 0 aliphatic rings. The Labute approximate surface area is 191 Å². The van der Waals surface area contributed by atoms with Crippen LogP contribution in [0.15, 0.2) is 47.5 Å². The summed E-state index contributed by atoms with van der Waals surface area (Å²) < 4.78 is 42.1. The Hall–Kier alpha value is -3.68. The molecule has 0 spiro atoms. The lowest BCUT2D eigenvalue weighted by Gasteiger charge is -2.15. The molecule has 2 aromatic rings. The number of hydrogen-bond donors (Lipinski definition) is 4. The lowest BCUT2D eigenvalue weighted by atomic mass is 10.0. The molecule has 0 fully saturated rings. The minimum atomic E-state index is -4.67. The average Bonchev–Trinajstić information content (AvgIpc) is 2.71. The first kappa shape index (κ1) is 27.4. The van der Waals surface area contributed by atoms with Crippen molar-refractivity contribution in [1.82, 2.24) is 4.90 Å². The van der Waals surface area contributed by atoms with Gasteiger partial charge in [-0.1, -0.05) is 18.2 Å². The van der Waals surface area contributed by atoms with Gasteiger partial charge in [0, 0.05) is 19.7 Å². The maximum absolute atomic E-state index is 12.5. The minimum Gasteiger partial charge on any atom is -0.489 e. The number of carbonyl (C=O) groups excluding carboxylic acids is 2. The first-order valence-corrected chi connectivity index (χ1v) is 10.6. The lowest BCUT2D eigenvalue weighted by Crippen LogP contribution is -2.23. The third-order valence-electron chi connectivity index (χ3n) is 3.88. The Morgan fingerprint density at radius 3 is 2.12 bits per heavy atom. The number of carbonyl (C=O) groups is 2. The average molecular weight is 483 g/mol. The summed E-state index contributed by atoms with van der Waals surface area (Å²) in [6.45, 7) is 0.300. The van der Waals surface area contributed by atoms with Crippen molar-refractivity contribution in [3.05, 3.63) is 59.2 Å². The molecule has 0 aromatic heterocycles. The fraction of sp³-hybridized carbons (Fsp3) is 0.250. The molecule has 2 rings (SSSR count). The highest BCUT2D eigenvalue weighted by Gasteiger charge is 2.17. The van der Waals surface area contributed by atoms with E-state index < -0.39 is 16.4 Å². The van der Waals surface area contributed by atoms with Crippen LogP contribution in [0.1, 0.15) is 21.5 Å². The van der Waals surface area contributed by atoms with Gasteiger partial charge in [0.1, 0.15) is 12.4 Å². The van der Waals surface area contributed by atoms with Gasteiger partial charge in [-0.05, 0) is 35.4 Å². The topological polar surface area (TPSA) is 195 Å². The van der Waals surface area contributed by atoms with E-state index in [0.717, 1.165) is 5.56 Å². The largest absolute Gasteiger partial charge is 0.489 e.